The molecule has 0 saturated carbocycles. The Bertz CT molecular complexity index is 302. The van der Waals surface area contributed by atoms with Gasteiger partial charge in [-0.05, 0) is 18.1 Å². The molecule has 1 saturated heterocycles. The van der Waals surface area contributed by atoms with Crippen molar-refractivity contribution in [3.63, 3.8) is 0 Å². The van der Waals surface area contributed by atoms with E-state index in [2.05, 4.69) is 33.9 Å². The Labute approximate surface area is 104 Å². The maximum atomic E-state index is 10.9. The Morgan fingerprint density at radius 1 is 1.41 bits per heavy atom. The standard InChI is InChI=1S/C11H24N2O3Si/c1-11(2,3)17(4,5)16-9-7-13(10(14)15)6-8(9)12/h8-9H,6-7,12H2,1-5H3,(H,14,15)/t8-,9+/m0/s1. The summed E-state index contributed by atoms with van der Waals surface area (Å²) in [5.74, 6) is 0. The monoisotopic (exact) mass is 260 g/mol. The second-order valence-electron chi connectivity index (χ2n) is 6.27. The molecule has 0 aromatic heterocycles. The van der Waals surface area contributed by atoms with Crippen LogP contribution in [-0.4, -0.2) is 49.7 Å². The maximum absolute atomic E-state index is 10.9. The number of carbonyl (C=O) groups is 1. The van der Waals surface area contributed by atoms with E-state index in [1.807, 2.05) is 0 Å². The Kier molecular flexibility index (Phi) is 3.90. The fourth-order valence-corrected chi connectivity index (χ4v) is 3.00. The van der Waals surface area contributed by atoms with E-state index < -0.39 is 14.4 Å². The van der Waals surface area contributed by atoms with Crippen molar-refractivity contribution in [1.29, 1.82) is 0 Å². The normalized spacial score (nSPS) is 26.4. The molecule has 100 valence electrons. The van der Waals surface area contributed by atoms with E-state index in [-0.39, 0.29) is 17.2 Å². The Hall–Kier alpha value is -0.593. The molecule has 6 heteroatoms. The fraction of sp³-hybridized carbons (Fsp3) is 0.909. The van der Waals surface area contributed by atoms with Crippen LogP contribution < -0.4 is 5.73 Å². The molecule has 3 N–H and O–H groups in total. The lowest BCUT2D eigenvalue weighted by Gasteiger charge is -2.39. The van der Waals surface area contributed by atoms with Gasteiger partial charge in [0.05, 0.1) is 12.6 Å². The van der Waals surface area contributed by atoms with Gasteiger partial charge in [-0.2, -0.15) is 0 Å². The summed E-state index contributed by atoms with van der Waals surface area (Å²) in [6.07, 6.45) is -1.08. The van der Waals surface area contributed by atoms with Crippen LogP contribution in [0.15, 0.2) is 0 Å². The zero-order chi connectivity index (χ0) is 13.4. The second-order valence-corrected chi connectivity index (χ2v) is 11.0. The minimum atomic E-state index is -1.88. The van der Waals surface area contributed by atoms with Crippen molar-refractivity contribution in [3.8, 4) is 0 Å². The molecule has 17 heavy (non-hydrogen) atoms. The first-order valence-electron chi connectivity index (χ1n) is 5.96. The van der Waals surface area contributed by atoms with E-state index in [9.17, 15) is 4.79 Å². The highest BCUT2D eigenvalue weighted by molar-refractivity contribution is 6.74. The van der Waals surface area contributed by atoms with Gasteiger partial charge in [0.2, 0.25) is 0 Å². The summed E-state index contributed by atoms with van der Waals surface area (Å²) in [5.41, 5.74) is 5.95. The third-order valence-corrected chi connectivity index (χ3v) is 8.34. The first-order chi connectivity index (χ1) is 7.54. The summed E-state index contributed by atoms with van der Waals surface area (Å²) in [6, 6.07) is -0.208. The molecule has 1 aliphatic heterocycles. The second kappa shape index (κ2) is 4.59. The lowest BCUT2D eigenvalue weighted by Crippen LogP contribution is -2.48. The molecular formula is C11H24N2O3Si. The zero-order valence-electron chi connectivity index (χ0n) is 11.4. The van der Waals surface area contributed by atoms with Crippen LogP contribution in [0.4, 0.5) is 4.79 Å². The third kappa shape index (κ3) is 3.20. The van der Waals surface area contributed by atoms with Gasteiger partial charge in [-0.1, -0.05) is 20.8 Å². The van der Waals surface area contributed by atoms with Crippen LogP contribution in [-0.2, 0) is 4.43 Å². The maximum Gasteiger partial charge on any atom is 0.407 e. The molecule has 1 amide bonds. The van der Waals surface area contributed by atoms with Gasteiger partial charge in [-0.25, -0.2) is 4.79 Å². The molecule has 5 nitrogen and oxygen atoms in total. The first kappa shape index (κ1) is 14.5. The molecule has 0 unspecified atom stereocenters. The molecule has 1 rings (SSSR count). The average molecular weight is 260 g/mol. The zero-order valence-corrected chi connectivity index (χ0v) is 12.4. The third-order valence-electron chi connectivity index (χ3n) is 3.83. The number of hydrogen-bond donors (Lipinski definition) is 2. The van der Waals surface area contributed by atoms with Crippen LogP contribution in [0.3, 0.4) is 0 Å². The van der Waals surface area contributed by atoms with Crippen molar-refractivity contribution in [3.05, 3.63) is 0 Å². The van der Waals surface area contributed by atoms with Crippen LogP contribution in [0.5, 0.6) is 0 Å². The minimum absolute atomic E-state index is 0.114. The van der Waals surface area contributed by atoms with Crippen LogP contribution >= 0.6 is 0 Å². The first-order valence-corrected chi connectivity index (χ1v) is 8.87. The molecule has 1 aliphatic rings. The predicted octanol–water partition coefficient (Wildman–Crippen LogP) is 1.70. The van der Waals surface area contributed by atoms with Gasteiger partial charge in [-0.15, -0.1) is 0 Å². The van der Waals surface area contributed by atoms with E-state index in [0.29, 0.717) is 13.1 Å². The number of carboxylic acid groups (broad SMARTS) is 1. The summed E-state index contributed by atoms with van der Waals surface area (Å²) in [7, 11) is -1.88. The van der Waals surface area contributed by atoms with Crippen molar-refractivity contribution in [1.82, 2.24) is 4.90 Å². The summed E-state index contributed by atoms with van der Waals surface area (Å²) in [6.45, 7) is 11.6. The van der Waals surface area contributed by atoms with Gasteiger partial charge in [0.15, 0.2) is 8.32 Å². The molecule has 0 bridgehead atoms. The summed E-state index contributed by atoms with van der Waals surface area (Å²) >= 11 is 0. The highest BCUT2D eigenvalue weighted by Crippen LogP contribution is 2.38. The molecule has 0 aromatic carbocycles. The number of hydrogen-bond acceptors (Lipinski definition) is 3. The van der Waals surface area contributed by atoms with Gasteiger partial charge >= 0.3 is 6.09 Å². The lowest BCUT2D eigenvalue weighted by atomic mass is 10.2. The minimum Gasteiger partial charge on any atom is -0.465 e. The molecule has 1 fully saturated rings. The van der Waals surface area contributed by atoms with Crippen LogP contribution in [0.2, 0.25) is 18.1 Å². The van der Waals surface area contributed by atoms with E-state index in [1.54, 1.807) is 0 Å². The molecule has 0 radical (unpaired) electrons. The smallest absolute Gasteiger partial charge is 0.407 e. The summed E-state index contributed by atoms with van der Waals surface area (Å²) < 4.78 is 6.16. The van der Waals surface area contributed by atoms with Gasteiger partial charge in [0, 0.05) is 12.6 Å². The average Bonchev–Trinajstić information content (AvgIpc) is 2.45. The van der Waals surface area contributed by atoms with Crippen molar-refractivity contribution in [2.75, 3.05) is 13.1 Å². The highest BCUT2D eigenvalue weighted by Gasteiger charge is 2.43. The number of nitrogens with zero attached hydrogens (tertiary/aromatic N) is 1. The van der Waals surface area contributed by atoms with Gasteiger partial charge in [-0.3, -0.25) is 0 Å². The predicted molar refractivity (Wildman–Crippen MR) is 69.6 cm³/mol. The molecule has 0 spiro atoms. The van der Waals surface area contributed by atoms with Crippen LogP contribution in [0.1, 0.15) is 20.8 Å². The Morgan fingerprint density at radius 2 is 1.94 bits per heavy atom. The molecule has 1 heterocycles. The summed E-state index contributed by atoms with van der Waals surface area (Å²) in [4.78, 5) is 12.2. The van der Waals surface area contributed by atoms with Gasteiger partial charge in [0.1, 0.15) is 0 Å². The quantitative estimate of drug-likeness (QED) is 0.741. The van der Waals surface area contributed by atoms with Crippen LogP contribution in [0.25, 0.3) is 0 Å². The fourth-order valence-electron chi connectivity index (χ4n) is 1.64. The number of nitrogens with two attached hydrogens (primary N) is 1. The Morgan fingerprint density at radius 3 is 2.29 bits per heavy atom. The van der Waals surface area contributed by atoms with Crippen molar-refractivity contribution >= 4 is 14.4 Å². The molecule has 0 aliphatic carbocycles. The van der Waals surface area contributed by atoms with Gasteiger partial charge in [0.25, 0.3) is 0 Å². The number of rotatable bonds is 2. The van der Waals surface area contributed by atoms with E-state index in [4.69, 9.17) is 15.3 Å². The number of likely N-dealkylation sites (tertiary alicyclic amines) is 1. The van der Waals surface area contributed by atoms with Crippen LogP contribution in [0, 0.1) is 0 Å². The van der Waals surface area contributed by atoms with Gasteiger partial charge < -0.3 is 20.2 Å². The largest absolute Gasteiger partial charge is 0.465 e. The lowest BCUT2D eigenvalue weighted by molar-refractivity contribution is 0.141. The molecular weight excluding hydrogens is 236 g/mol. The molecule has 0 aromatic rings. The topological polar surface area (TPSA) is 75.8 Å². The Balaban J connectivity index is 2.68. The number of amides is 1. The van der Waals surface area contributed by atoms with Crippen molar-refractivity contribution in [2.45, 2.75) is 51.0 Å². The van der Waals surface area contributed by atoms with E-state index >= 15 is 0 Å². The van der Waals surface area contributed by atoms with Crippen molar-refractivity contribution in [2.24, 2.45) is 5.73 Å². The highest BCUT2D eigenvalue weighted by atomic mass is 28.4. The van der Waals surface area contributed by atoms with E-state index in [0.717, 1.165) is 0 Å². The SMILES string of the molecule is CC(C)(C)[Si](C)(C)O[C@@H]1CN(C(=O)O)C[C@@H]1N. The van der Waals surface area contributed by atoms with Crippen molar-refractivity contribution < 1.29 is 14.3 Å². The summed E-state index contributed by atoms with van der Waals surface area (Å²) in [5, 5.41) is 9.05. The molecule has 2 atom stereocenters. The van der Waals surface area contributed by atoms with E-state index in [1.165, 1.54) is 4.90 Å².